The Morgan fingerprint density at radius 1 is 1.21 bits per heavy atom. The van der Waals surface area contributed by atoms with Crippen LogP contribution in [0.4, 0.5) is 13.6 Å². The number of nitrogens with zero attached hydrogens (tertiary/aromatic N) is 1. The van der Waals surface area contributed by atoms with E-state index in [-0.39, 0.29) is 24.2 Å². The van der Waals surface area contributed by atoms with Gasteiger partial charge in [0.15, 0.2) is 0 Å². The summed E-state index contributed by atoms with van der Waals surface area (Å²) in [5.74, 6) is -0.848. The second-order valence-corrected chi connectivity index (χ2v) is 5.44. The average molecular weight is 330 g/mol. The third kappa shape index (κ3) is 3.27. The summed E-state index contributed by atoms with van der Waals surface area (Å²) in [5.41, 5.74) is 5.36. The standard InChI is InChI=1S/C18H16F2N2O2/c1-2-24-18(23)22-21-17-15-8-7-14(20)9-12(15)10-16(17)11-3-5-13(19)6-4-11/h3-9,16H,2,10H2,1H3,(H,22,23). The van der Waals surface area contributed by atoms with Crippen molar-refractivity contribution >= 4 is 11.8 Å². The minimum atomic E-state index is -0.654. The number of hydrazone groups is 1. The van der Waals surface area contributed by atoms with Crippen LogP contribution in [0.2, 0.25) is 0 Å². The molecule has 1 aliphatic carbocycles. The number of hydrogen-bond donors (Lipinski definition) is 1. The molecular formula is C18H16F2N2O2. The van der Waals surface area contributed by atoms with Gasteiger partial charge in [-0.05, 0) is 54.8 Å². The Kier molecular flexibility index (Phi) is 4.55. The molecule has 4 nitrogen and oxygen atoms in total. The van der Waals surface area contributed by atoms with Gasteiger partial charge in [-0.3, -0.25) is 0 Å². The minimum absolute atomic E-state index is 0.190. The third-order valence-electron chi connectivity index (χ3n) is 3.91. The molecular weight excluding hydrogens is 314 g/mol. The first-order valence-electron chi connectivity index (χ1n) is 7.63. The highest BCUT2D eigenvalue weighted by molar-refractivity contribution is 6.09. The molecule has 2 aromatic carbocycles. The molecule has 0 bridgehead atoms. The van der Waals surface area contributed by atoms with Crippen LogP contribution in [-0.4, -0.2) is 18.4 Å². The molecule has 1 atom stereocenters. The number of hydrogen-bond acceptors (Lipinski definition) is 3. The van der Waals surface area contributed by atoms with Crippen LogP contribution >= 0.6 is 0 Å². The normalized spacial score (nSPS) is 17.6. The number of carbonyl (C=O) groups excluding carboxylic acids is 1. The molecule has 0 saturated carbocycles. The predicted octanol–water partition coefficient (Wildman–Crippen LogP) is 3.75. The lowest BCUT2D eigenvalue weighted by atomic mass is 9.95. The Morgan fingerprint density at radius 3 is 2.62 bits per heavy atom. The van der Waals surface area contributed by atoms with Crippen molar-refractivity contribution in [1.29, 1.82) is 0 Å². The molecule has 2 aromatic rings. The largest absolute Gasteiger partial charge is 0.449 e. The van der Waals surface area contributed by atoms with Crippen molar-refractivity contribution in [3.8, 4) is 0 Å². The maximum atomic E-state index is 13.5. The van der Waals surface area contributed by atoms with Gasteiger partial charge in [-0.25, -0.2) is 19.0 Å². The van der Waals surface area contributed by atoms with E-state index in [4.69, 9.17) is 4.74 Å². The molecule has 0 aromatic heterocycles. The molecule has 3 rings (SSSR count). The Labute approximate surface area is 138 Å². The van der Waals surface area contributed by atoms with E-state index in [1.165, 1.54) is 24.3 Å². The highest BCUT2D eigenvalue weighted by Crippen LogP contribution is 2.35. The highest BCUT2D eigenvalue weighted by Gasteiger charge is 2.30. The fourth-order valence-corrected chi connectivity index (χ4v) is 2.86. The quantitative estimate of drug-likeness (QED) is 0.871. The Morgan fingerprint density at radius 2 is 1.92 bits per heavy atom. The van der Waals surface area contributed by atoms with Crippen molar-refractivity contribution in [2.24, 2.45) is 5.10 Å². The van der Waals surface area contributed by atoms with Gasteiger partial charge < -0.3 is 4.74 Å². The van der Waals surface area contributed by atoms with Crippen molar-refractivity contribution < 1.29 is 18.3 Å². The summed E-state index contributed by atoms with van der Waals surface area (Å²) >= 11 is 0. The number of halogens is 2. The fraction of sp³-hybridized carbons (Fsp3) is 0.222. The first-order valence-corrected chi connectivity index (χ1v) is 7.63. The van der Waals surface area contributed by atoms with Crippen LogP contribution in [0.5, 0.6) is 0 Å². The van der Waals surface area contributed by atoms with Gasteiger partial charge in [0.05, 0.1) is 12.3 Å². The number of benzene rings is 2. The van der Waals surface area contributed by atoms with E-state index >= 15 is 0 Å². The molecule has 1 amide bonds. The van der Waals surface area contributed by atoms with E-state index in [2.05, 4.69) is 10.5 Å². The monoisotopic (exact) mass is 330 g/mol. The lowest BCUT2D eigenvalue weighted by Gasteiger charge is -2.12. The van der Waals surface area contributed by atoms with Crippen molar-refractivity contribution in [3.05, 3.63) is 70.8 Å². The summed E-state index contributed by atoms with van der Waals surface area (Å²) in [7, 11) is 0. The number of carbonyl (C=O) groups is 1. The van der Waals surface area contributed by atoms with Crippen LogP contribution in [0.1, 0.15) is 29.5 Å². The number of fused-ring (bicyclic) bond motifs is 1. The number of ether oxygens (including phenoxy) is 1. The first-order chi connectivity index (χ1) is 11.6. The number of rotatable bonds is 3. The van der Waals surface area contributed by atoms with E-state index in [0.717, 1.165) is 16.7 Å². The Balaban J connectivity index is 1.96. The van der Waals surface area contributed by atoms with Gasteiger partial charge in [-0.1, -0.05) is 12.1 Å². The molecule has 0 aliphatic heterocycles. The van der Waals surface area contributed by atoms with E-state index in [0.29, 0.717) is 12.1 Å². The maximum absolute atomic E-state index is 13.5. The molecule has 1 N–H and O–H groups in total. The van der Waals surface area contributed by atoms with Gasteiger partial charge in [0.25, 0.3) is 0 Å². The fourth-order valence-electron chi connectivity index (χ4n) is 2.86. The van der Waals surface area contributed by atoms with Crippen molar-refractivity contribution in [2.75, 3.05) is 6.61 Å². The predicted molar refractivity (Wildman–Crippen MR) is 85.9 cm³/mol. The summed E-state index contributed by atoms with van der Waals surface area (Å²) < 4.78 is 31.5. The van der Waals surface area contributed by atoms with Gasteiger partial charge in [0, 0.05) is 11.5 Å². The Bertz CT molecular complexity index is 788. The van der Waals surface area contributed by atoms with Crippen LogP contribution in [0.3, 0.4) is 0 Å². The summed E-state index contributed by atoms with van der Waals surface area (Å²) in [6.07, 6.45) is -0.124. The van der Waals surface area contributed by atoms with Crippen LogP contribution in [0, 0.1) is 11.6 Å². The maximum Gasteiger partial charge on any atom is 0.427 e. The van der Waals surface area contributed by atoms with Crippen molar-refractivity contribution in [3.63, 3.8) is 0 Å². The topological polar surface area (TPSA) is 50.7 Å². The third-order valence-corrected chi connectivity index (χ3v) is 3.91. The van der Waals surface area contributed by atoms with Gasteiger partial charge in [-0.15, -0.1) is 0 Å². The molecule has 24 heavy (non-hydrogen) atoms. The van der Waals surface area contributed by atoms with E-state index in [1.54, 1.807) is 25.1 Å². The zero-order valence-electron chi connectivity index (χ0n) is 13.1. The second kappa shape index (κ2) is 6.78. The summed E-state index contributed by atoms with van der Waals surface area (Å²) in [5, 5.41) is 4.17. The lowest BCUT2D eigenvalue weighted by Crippen LogP contribution is -2.22. The minimum Gasteiger partial charge on any atom is -0.449 e. The van der Waals surface area contributed by atoms with Crippen LogP contribution < -0.4 is 5.43 Å². The van der Waals surface area contributed by atoms with Crippen LogP contribution in [0.15, 0.2) is 47.6 Å². The van der Waals surface area contributed by atoms with E-state index < -0.39 is 6.09 Å². The van der Waals surface area contributed by atoms with Gasteiger partial charge in [0.2, 0.25) is 0 Å². The zero-order valence-corrected chi connectivity index (χ0v) is 13.1. The molecule has 0 spiro atoms. The van der Waals surface area contributed by atoms with Crippen molar-refractivity contribution in [2.45, 2.75) is 19.3 Å². The summed E-state index contributed by atoms with van der Waals surface area (Å²) in [4.78, 5) is 11.5. The Hall–Kier alpha value is -2.76. The van der Waals surface area contributed by atoms with Gasteiger partial charge in [0.1, 0.15) is 11.6 Å². The molecule has 0 radical (unpaired) electrons. The van der Waals surface area contributed by atoms with Crippen molar-refractivity contribution in [1.82, 2.24) is 5.43 Å². The number of amides is 1. The SMILES string of the molecule is CCOC(=O)NN=C1c2ccc(F)cc2CC1c1ccc(F)cc1. The molecule has 1 aliphatic rings. The first kappa shape index (κ1) is 16.1. The zero-order chi connectivity index (χ0) is 17.1. The highest BCUT2D eigenvalue weighted by atomic mass is 19.1. The second-order valence-electron chi connectivity index (χ2n) is 5.44. The summed E-state index contributed by atoms with van der Waals surface area (Å²) in [6.45, 7) is 1.93. The number of nitrogens with one attached hydrogen (secondary N) is 1. The molecule has 1 unspecified atom stereocenters. The lowest BCUT2D eigenvalue weighted by molar-refractivity contribution is 0.152. The van der Waals surface area contributed by atoms with Crippen LogP contribution in [0.25, 0.3) is 0 Å². The average Bonchev–Trinajstić information content (AvgIpc) is 2.91. The van der Waals surface area contributed by atoms with Gasteiger partial charge in [-0.2, -0.15) is 5.10 Å². The molecule has 0 heterocycles. The van der Waals surface area contributed by atoms with E-state index in [9.17, 15) is 13.6 Å². The van der Waals surface area contributed by atoms with E-state index in [1.807, 2.05) is 0 Å². The molecule has 0 saturated heterocycles. The van der Waals surface area contributed by atoms with Gasteiger partial charge >= 0.3 is 6.09 Å². The summed E-state index contributed by atoms with van der Waals surface area (Å²) in [6, 6.07) is 10.5. The molecule has 6 heteroatoms. The smallest absolute Gasteiger partial charge is 0.427 e. The molecule has 124 valence electrons. The van der Waals surface area contributed by atoms with Crippen LogP contribution in [-0.2, 0) is 11.2 Å². The molecule has 0 fully saturated rings.